The van der Waals surface area contributed by atoms with Crippen molar-refractivity contribution in [2.45, 2.75) is 20.2 Å². The highest BCUT2D eigenvalue weighted by atomic mass is 19.4. The number of nitro benzene ring substituents is 1. The van der Waals surface area contributed by atoms with Gasteiger partial charge in [0.15, 0.2) is 6.61 Å². The number of esters is 1. The Kier molecular flexibility index (Phi) is 7.35. The summed E-state index contributed by atoms with van der Waals surface area (Å²) in [6, 6.07) is 7.54. The minimum atomic E-state index is -4.81. The molecule has 0 atom stereocenters. The Morgan fingerprint density at radius 2 is 1.77 bits per heavy atom. The van der Waals surface area contributed by atoms with E-state index in [1.807, 2.05) is 0 Å². The van der Waals surface area contributed by atoms with Crippen molar-refractivity contribution in [1.82, 2.24) is 0 Å². The van der Waals surface area contributed by atoms with Crippen LogP contribution in [0.15, 0.2) is 42.5 Å². The number of carbonyl (C=O) groups excluding carboxylic acids is 2. The zero-order chi connectivity index (χ0) is 23.2. The van der Waals surface area contributed by atoms with Crippen molar-refractivity contribution in [2.24, 2.45) is 0 Å². The van der Waals surface area contributed by atoms with Gasteiger partial charge in [0, 0.05) is 12.1 Å². The van der Waals surface area contributed by atoms with Crippen molar-refractivity contribution in [3.8, 4) is 5.75 Å². The number of rotatable bonds is 7. The molecule has 0 saturated heterocycles. The summed E-state index contributed by atoms with van der Waals surface area (Å²) in [6.07, 6.45) is -2.56. The van der Waals surface area contributed by atoms with Gasteiger partial charge in [-0.3, -0.25) is 14.9 Å². The number of benzene rings is 2. The summed E-state index contributed by atoms with van der Waals surface area (Å²) >= 11 is 0. The molecule has 0 spiro atoms. The molecular weight excluding hydrogens is 421 g/mol. The standard InChI is InChI=1S/C20H17F3N2O6/c1-12-3-9-16(25(28)29)19(13(12)2)24-17(26)11-30-18(27)10-6-14-4-7-15(8-5-14)31-20(21,22)23/h3-10H,11H2,1-2H3,(H,24,26)/b10-6+. The monoisotopic (exact) mass is 438 g/mol. The van der Waals surface area contributed by atoms with E-state index in [9.17, 15) is 32.9 Å². The minimum Gasteiger partial charge on any atom is -0.452 e. The average Bonchev–Trinajstić information content (AvgIpc) is 2.68. The molecule has 2 rings (SSSR count). The first-order valence-corrected chi connectivity index (χ1v) is 8.71. The number of ether oxygens (including phenoxy) is 2. The molecule has 0 aromatic heterocycles. The van der Waals surface area contributed by atoms with Crippen molar-refractivity contribution in [3.63, 3.8) is 0 Å². The second kappa shape index (κ2) is 9.74. The highest BCUT2D eigenvalue weighted by Crippen LogP contribution is 2.30. The lowest BCUT2D eigenvalue weighted by Gasteiger charge is -2.11. The van der Waals surface area contributed by atoms with E-state index in [1.54, 1.807) is 19.9 Å². The Morgan fingerprint density at radius 3 is 2.35 bits per heavy atom. The molecule has 0 aliphatic heterocycles. The number of hydrogen-bond acceptors (Lipinski definition) is 6. The number of anilines is 1. The van der Waals surface area contributed by atoms with E-state index in [2.05, 4.69) is 10.1 Å². The lowest BCUT2D eigenvalue weighted by atomic mass is 10.1. The van der Waals surface area contributed by atoms with Crippen LogP contribution in [0.1, 0.15) is 16.7 Å². The number of hydrogen-bond donors (Lipinski definition) is 1. The molecule has 0 bridgehead atoms. The van der Waals surface area contributed by atoms with Gasteiger partial charge >= 0.3 is 12.3 Å². The van der Waals surface area contributed by atoms with Gasteiger partial charge in [-0.2, -0.15) is 0 Å². The van der Waals surface area contributed by atoms with Crippen LogP contribution in [0, 0.1) is 24.0 Å². The number of aryl methyl sites for hydroxylation is 1. The summed E-state index contributed by atoms with van der Waals surface area (Å²) in [5.74, 6) is -2.07. The van der Waals surface area contributed by atoms with Crippen LogP contribution in [0.4, 0.5) is 24.5 Å². The van der Waals surface area contributed by atoms with E-state index in [1.165, 1.54) is 24.3 Å². The van der Waals surface area contributed by atoms with E-state index >= 15 is 0 Å². The maximum Gasteiger partial charge on any atom is 0.573 e. The molecule has 0 radical (unpaired) electrons. The smallest absolute Gasteiger partial charge is 0.452 e. The number of carbonyl (C=O) groups is 2. The van der Waals surface area contributed by atoms with E-state index in [-0.39, 0.29) is 11.4 Å². The number of halogens is 3. The van der Waals surface area contributed by atoms with E-state index in [0.29, 0.717) is 11.1 Å². The molecule has 0 aliphatic rings. The van der Waals surface area contributed by atoms with Gasteiger partial charge in [-0.05, 0) is 48.7 Å². The summed E-state index contributed by atoms with van der Waals surface area (Å²) in [4.78, 5) is 34.3. The summed E-state index contributed by atoms with van der Waals surface area (Å²) in [7, 11) is 0. The zero-order valence-electron chi connectivity index (χ0n) is 16.4. The first-order chi connectivity index (χ1) is 14.5. The number of nitrogens with zero attached hydrogens (tertiary/aromatic N) is 1. The Balaban J connectivity index is 1.92. The van der Waals surface area contributed by atoms with Gasteiger partial charge in [0.05, 0.1) is 4.92 Å². The van der Waals surface area contributed by atoms with Crippen LogP contribution in [-0.2, 0) is 14.3 Å². The molecule has 1 amide bonds. The molecule has 0 fully saturated rings. The van der Waals surface area contributed by atoms with Gasteiger partial charge in [-0.15, -0.1) is 13.2 Å². The molecule has 11 heteroatoms. The average molecular weight is 438 g/mol. The predicted octanol–water partition coefficient (Wildman–Crippen LogP) is 4.31. The van der Waals surface area contributed by atoms with Crippen molar-refractivity contribution < 1.29 is 37.2 Å². The first-order valence-electron chi connectivity index (χ1n) is 8.71. The molecule has 2 aromatic carbocycles. The van der Waals surface area contributed by atoms with E-state index in [0.717, 1.165) is 23.8 Å². The third-order valence-electron chi connectivity index (χ3n) is 4.05. The fraction of sp³-hybridized carbons (Fsp3) is 0.200. The zero-order valence-corrected chi connectivity index (χ0v) is 16.4. The van der Waals surface area contributed by atoms with Crippen LogP contribution in [0.5, 0.6) is 5.75 Å². The molecule has 1 N–H and O–H groups in total. The van der Waals surface area contributed by atoms with Crippen molar-refractivity contribution in [1.29, 1.82) is 0 Å². The quantitative estimate of drug-likeness (QED) is 0.299. The lowest BCUT2D eigenvalue weighted by Crippen LogP contribution is -2.21. The Labute approximate surface area is 174 Å². The number of nitrogens with one attached hydrogen (secondary N) is 1. The van der Waals surface area contributed by atoms with Crippen LogP contribution < -0.4 is 10.1 Å². The van der Waals surface area contributed by atoms with Crippen LogP contribution in [0.25, 0.3) is 6.08 Å². The SMILES string of the molecule is Cc1ccc([N+](=O)[O-])c(NC(=O)COC(=O)/C=C/c2ccc(OC(F)(F)F)cc2)c1C. The van der Waals surface area contributed by atoms with Gasteiger partial charge in [0.25, 0.3) is 11.6 Å². The third-order valence-corrected chi connectivity index (χ3v) is 4.05. The predicted molar refractivity (Wildman–Crippen MR) is 104 cm³/mol. The summed E-state index contributed by atoms with van der Waals surface area (Å²) in [5.41, 5.74) is 1.35. The maximum absolute atomic E-state index is 12.1. The van der Waals surface area contributed by atoms with Gasteiger partial charge in [-0.25, -0.2) is 4.79 Å². The topological polar surface area (TPSA) is 108 Å². The van der Waals surface area contributed by atoms with Crippen molar-refractivity contribution >= 4 is 29.3 Å². The van der Waals surface area contributed by atoms with Gasteiger partial charge in [-0.1, -0.05) is 18.2 Å². The summed E-state index contributed by atoms with van der Waals surface area (Å²) in [6.45, 7) is 2.64. The van der Waals surface area contributed by atoms with Gasteiger partial charge in [0.2, 0.25) is 0 Å². The second-order valence-electron chi connectivity index (χ2n) is 6.26. The van der Waals surface area contributed by atoms with Crippen molar-refractivity contribution in [2.75, 3.05) is 11.9 Å². The fourth-order valence-electron chi connectivity index (χ4n) is 2.42. The molecule has 0 heterocycles. The van der Waals surface area contributed by atoms with Gasteiger partial charge < -0.3 is 14.8 Å². The second-order valence-corrected chi connectivity index (χ2v) is 6.26. The normalized spacial score (nSPS) is 11.3. The molecular formula is C20H17F3N2O6. The third kappa shape index (κ3) is 7.14. The van der Waals surface area contributed by atoms with Crippen LogP contribution in [0.2, 0.25) is 0 Å². The molecule has 2 aromatic rings. The maximum atomic E-state index is 12.1. The van der Waals surface area contributed by atoms with Crippen molar-refractivity contribution in [3.05, 3.63) is 69.3 Å². The summed E-state index contributed by atoms with van der Waals surface area (Å²) in [5, 5.41) is 13.5. The van der Waals surface area contributed by atoms with E-state index < -0.39 is 35.5 Å². The van der Waals surface area contributed by atoms with Crippen LogP contribution in [0.3, 0.4) is 0 Å². The number of amides is 1. The molecule has 0 aliphatic carbocycles. The minimum absolute atomic E-state index is 0.0164. The highest BCUT2D eigenvalue weighted by Gasteiger charge is 2.30. The number of alkyl halides is 3. The van der Waals surface area contributed by atoms with Gasteiger partial charge in [0.1, 0.15) is 11.4 Å². The number of nitro groups is 1. The molecule has 0 unspecified atom stereocenters. The largest absolute Gasteiger partial charge is 0.573 e. The highest BCUT2D eigenvalue weighted by molar-refractivity contribution is 5.97. The Morgan fingerprint density at radius 1 is 1.13 bits per heavy atom. The Hall–Kier alpha value is -3.89. The molecule has 0 saturated carbocycles. The first kappa shape index (κ1) is 23.4. The molecule has 8 nitrogen and oxygen atoms in total. The molecule has 31 heavy (non-hydrogen) atoms. The summed E-state index contributed by atoms with van der Waals surface area (Å²) < 4.78 is 44.9. The van der Waals surface area contributed by atoms with Crippen LogP contribution >= 0.6 is 0 Å². The van der Waals surface area contributed by atoms with Crippen LogP contribution in [-0.4, -0.2) is 29.8 Å². The lowest BCUT2D eigenvalue weighted by molar-refractivity contribution is -0.384. The molecule has 164 valence electrons. The van der Waals surface area contributed by atoms with E-state index in [4.69, 9.17) is 4.74 Å². The fourth-order valence-corrected chi connectivity index (χ4v) is 2.42. The Bertz CT molecular complexity index is 1020.